The lowest BCUT2D eigenvalue weighted by molar-refractivity contribution is 0.0904. The Morgan fingerprint density at radius 1 is 1.10 bits per heavy atom. The van der Waals surface area contributed by atoms with E-state index < -0.39 is 0 Å². The summed E-state index contributed by atoms with van der Waals surface area (Å²) in [5, 5.41) is 14.5. The molecule has 2 aromatic carbocycles. The Balaban J connectivity index is 1.19. The Labute approximate surface area is 245 Å². The van der Waals surface area contributed by atoms with Crippen LogP contribution in [0, 0.1) is 0 Å². The van der Waals surface area contributed by atoms with Gasteiger partial charge in [-0.05, 0) is 68.2 Å². The van der Waals surface area contributed by atoms with Gasteiger partial charge in [-0.1, -0.05) is 6.07 Å². The molecule has 1 aromatic heterocycles. The number of likely N-dealkylation sites (N-methyl/N-ethyl adjacent to an activating group) is 1. The molecule has 3 N–H and O–H groups in total. The van der Waals surface area contributed by atoms with Crippen LogP contribution in [0.4, 0.5) is 17.2 Å². The molecule has 0 unspecified atom stereocenters. The number of anilines is 3. The summed E-state index contributed by atoms with van der Waals surface area (Å²) < 4.78 is 13.3. The zero-order valence-corrected chi connectivity index (χ0v) is 24.6. The highest BCUT2D eigenvalue weighted by molar-refractivity contribution is 7.97. The number of nitrogens with one attached hydrogen (secondary N) is 3. The number of methoxy groups -OCH3 is 1. The maximum absolute atomic E-state index is 13.8. The molecule has 11 heteroatoms. The average Bonchev–Trinajstić information content (AvgIpc) is 3.39. The number of amides is 1. The summed E-state index contributed by atoms with van der Waals surface area (Å²) in [5.74, 6) is 1.28. The second-order valence-corrected chi connectivity index (χ2v) is 12.1. The molecular formula is C30H39N7O3S. The van der Waals surface area contributed by atoms with E-state index in [0.717, 1.165) is 98.5 Å². The normalized spacial score (nSPS) is 18.6. The molecule has 3 aromatic rings. The number of aromatic nitrogens is 2. The van der Waals surface area contributed by atoms with E-state index in [-0.39, 0.29) is 11.9 Å². The number of carbonyl (C=O) groups is 1. The van der Waals surface area contributed by atoms with Crippen LogP contribution >= 0.6 is 11.9 Å². The van der Waals surface area contributed by atoms with Crippen molar-refractivity contribution in [3.05, 3.63) is 59.3 Å². The number of nitrogens with zero attached hydrogens (tertiary/aromatic N) is 4. The number of carbonyl (C=O) groups excluding carboxylic acids is 1. The number of H-pyrrole nitrogens is 1. The van der Waals surface area contributed by atoms with Crippen molar-refractivity contribution in [2.75, 3.05) is 75.6 Å². The van der Waals surface area contributed by atoms with Gasteiger partial charge in [-0.25, -0.2) is 4.31 Å². The van der Waals surface area contributed by atoms with Crippen molar-refractivity contribution in [3.8, 4) is 5.75 Å². The predicted octanol–water partition coefficient (Wildman–Crippen LogP) is 4.08. The van der Waals surface area contributed by atoms with Gasteiger partial charge in [0.2, 0.25) is 0 Å². The predicted molar refractivity (Wildman–Crippen MR) is 163 cm³/mol. The highest BCUT2D eigenvalue weighted by atomic mass is 32.2. The molecule has 0 saturated carbocycles. The second-order valence-electron chi connectivity index (χ2n) is 10.9. The van der Waals surface area contributed by atoms with Crippen LogP contribution in [0.1, 0.15) is 34.5 Å². The monoisotopic (exact) mass is 577 g/mol. The van der Waals surface area contributed by atoms with Crippen LogP contribution in [-0.2, 0) is 17.7 Å². The lowest BCUT2D eigenvalue weighted by atomic mass is 10.1. The average molecular weight is 578 g/mol. The smallest absolute Gasteiger partial charge is 0.258 e. The topological polar surface area (TPSA) is 98.0 Å². The van der Waals surface area contributed by atoms with Gasteiger partial charge in [-0.3, -0.25) is 9.89 Å². The summed E-state index contributed by atoms with van der Waals surface area (Å²) >= 11 is 1.69. The van der Waals surface area contributed by atoms with Gasteiger partial charge in [-0.2, -0.15) is 5.10 Å². The summed E-state index contributed by atoms with van der Waals surface area (Å²) in [7, 11) is 3.84. The van der Waals surface area contributed by atoms with Crippen molar-refractivity contribution in [2.24, 2.45) is 0 Å². The minimum Gasteiger partial charge on any atom is -0.497 e. The first kappa shape index (κ1) is 27.9. The number of piperazine rings is 1. The van der Waals surface area contributed by atoms with Gasteiger partial charge in [0, 0.05) is 92.5 Å². The van der Waals surface area contributed by atoms with Crippen LogP contribution in [0.3, 0.4) is 0 Å². The van der Waals surface area contributed by atoms with Crippen LogP contribution < -0.4 is 20.3 Å². The van der Waals surface area contributed by atoms with Gasteiger partial charge >= 0.3 is 0 Å². The summed E-state index contributed by atoms with van der Waals surface area (Å²) in [6, 6.07) is 14.5. The molecule has 6 rings (SSSR count). The first-order chi connectivity index (χ1) is 20.1. The molecule has 0 atom stereocenters. The Kier molecular flexibility index (Phi) is 8.66. The van der Waals surface area contributed by atoms with E-state index in [1.807, 2.05) is 24.3 Å². The molecular weight excluding hydrogens is 538 g/mol. The van der Waals surface area contributed by atoms with Crippen molar-refractivity contribution in [3.63, 3.8) is 0 Å². The van der Waals surface area contributed by atoms with Crippen molar-refractivity contribution in [1.82, 2.24) is 19.4 Å². The van der Waals surface area contributed by atoms with E-state index in [4.69, 9.17) is 9.47 Å². The molecule has 3 aliphatic rings. The number of fused-ring (bicyclic) bond motifs is 1. The fraction of sp³-hybridized carbons (Fsp3) is 0.467. The standard InChI is InChI=1S/C30H39N7O3S/c1-35-12-14-36(15-13-35)22-6-7-25(28(18-22)31-21-9-16-40-17-10-21)30(38)32-29-26-20-37(11-8-27(26)33-34-29)41-24-5-3-4-23(19-24)39-2/h3-7,18-19,21,31H,8-17,20H2,1-2H3,(H2,32,33,34,38). The molecule has 2 saturated heterocycles. The van der Waals surface area contributed by atoms with E-state index >= 15 is 0 Å². The van der Waals surface area contributed by atoms with E-state index in [1.165, 1.54) is 0 Å². The van der Waals surface area contributed by atoms with Crippen LogP contribution in [0.15, 0.2) is 47.4 Å². The van der Waals surface area contributed by atoms with Gasteiger partial charge in [0.25, 0.3) is 5.91 Å². The Bertz CT molecular complexity index is 1350. The molecule has 0 aliphatic carbocycles. The van der Waals surface area contributed by atoms with Gasteiger partial charge in [0.1, 0.15) is 5.75 Å². The number of rotatable bonds is 8. The fourth-order valence-electron chi connectivity index (χ4n) is 5.61. The first-order valence-electron chi connectivity index (χ1n) is 14.4. The van der Waals surface area contributed by atoms with E-state index in [2.05, 4.69) is 60.2 Å². The molecule has 4 heterocycles. The van der Waals surface area contributed by atoms with Crippen molar-refractivity contribution in [1.29, 1.82) is 0 Å². The molecule has 10 nitrogen and oxygen atoms in total. The largest absolute Gasteiger partial charge is 0.497 e. The fourth-order valence-corrected chi connectivity index (χ4v) is 6.59. The molecule has 2 fully saturated rings. The number of ether oxygens (including phenoxy) is 2. The third kappa shape index (κ3) is 6.64. The first-order valence-corrected chi connectivity index (χ1v) is 15.2. The zero-order chi connectivity index (χ0) is 28.2. The van der Waals surface area contributed by atoms with E-state index in [9.17, 15) is 4.79 Å². The molecule has 0 bridgehead atoms. The van der Waals surface area contributed by atoms with Crippen molar-refractivity contribution in [2.45, 2.75) is 36.7 Å². The van der Waals surface area contributed by atoms with Crippen molar-refractivity contribution >= 4 is 35.0 Å². The van der Waals surface area contributed by atoms with Crippen LogP contribution in [0.5, 0.6) is 5.75 Å². The summed E-state index contributed by atoms with van der Waals surface area (Å²) in [6.45, 7) is 7.05. The lowest BCUT2D eigenvalue weighted by Gasteiger charge is -2.34. The summed E-state index contributed by atoms with van der Waals surface area (Å²) in [5.41, 5.74) is 4.75. The third-order valence-electron chi connectivity index (χ3n) is 8.10. The maximum Gasteiger partial charge on any atom is 0.258 e. The van der Waals surface area contributed by atoms with Crippen LogP contribution in [0.25, 0.3) is 0 Å². The van der Waals surface area contributed by atoms with Gasteiger partial charge < -0.3 is 29.9 Å². The molecule has 1 amide bonds. The second kappa shape index (κ2) is 12.7. The maximum atomic E-state index is 13.8. The third-order valence-corrected chi connectivity index (χ3v) is 9.14. The molecule has 218 valence electrons. The van der Waals surface area contributed by atoms with Crippen molar-refractivity contribution < 1.29 is 14.3 Å². The zero-order valence-electron chi connectivity index (χ0n) is 23.8. The Morgan fingerprint density at radius 2 is 1.93 bits per heavy atom. The number of hydrogen-bond acceptors (Lipinski definition) is 9. The molecule has 3 aliphatic heterocycles. The number of hydrogen-bond donors (Lipinski definition) is 3. The van der Waals surface area contributed by atoms with Gasteiger partial charge in [0.05, 0.1) is 12.7 Å². The Hall–Kier alpha value is -3.25. The SMILES string of the molecule is COc1cccc(SN2CCc3[nH]nc(NC(=O)c4ccc(N5CCN(C)CC5)cc4NC4CCOCC4)c3C2)c1. The van der Waals surface area contributed by atoms with Crippen LogP contribution in [0.2, 0.25) is 0 Å². The van der Waals surface area contributed by atoms with Gasteiger partial charge in [0.15, 0.2) is 5.82 Å². The minimum absolute atomic E-state index is 0.156. The molecule has 41 heavy (non-hydrogen) atoms. The number of benzene rings is 2. The summed E-state index contributed by atoms with van der Waals surface area (Å²) in [4.78, 5) is 19.6. The summed E-state index contributed by atoms with van der Waals surface area (Å²) in [6.07, 6.45) is 2.69. The Morgan fingerprint density at radius 3 is 2.73 bits per heavy atom. The van der Waals surface area contributed by atoms with E-state index in [1.54, 1.807) is 19.1 Å². The molecule has 0 spiro atoms. The quantitative estimate of drug-likeness (QED) is 0.342. The van der Waals surface area contributed by atoms with E-state index in [0.29, 0.717) is 17.9 Å². The highest BCUT2D eigenvalue weighted by Gasteiger charge is 2.26. The minimum atomic E-state index is -0.156. The van der Waals surface area contributed by atoms with Crippen LogP contribution in [-0.4, -0.2) is 91.4 Å². The highest BCUT2D eigenvalue weighted by Crippen LogP contribution is 2.34. The number of aromatic amines is 1. The van der Waals surface area contributed by atoms with Gasteiger partial charge in [-0.15, -0.1) is 0 Å². The lowest BCUT2D eigenvalue weighted by Crippen LogP contribution is -2.44. The molecule has 0 radical (unpaired) electrons.